The smallest absolute Gasteiger partial charge is 0.224 e. The van der Waals surface area contributed by atoms with E-state index in [0.717, 1.165) is 12.0 Å². The Morgan fingerprint density at radius 1 is 1.04 bits per heavy atom. The molecule has 138 valence electrons. The fourth-order valence-corrected chi connectivity index (χ4v) is 4.35. The van der Waals surface area contributed by atoms with Crippen molar-refractivity contribution >= 4 is 15.7 Å². The Labute approximate surface area is 155 Å². The minimum absolute atomic E-state index is 0.00985. The molecule has 26 heavy (non-hydrogen) atoms. The largest absolute Gasteiger partial charge is 0.355 e. The zero-order valence-corrected chi connectivity index (χ0v) is 16.3. The molecular formula is C21H25NO3S. The van der Waals surface area contributed by atoms with Crippen molar-refractivity contribution in [1.29, 1.82) is 0 Å². The van der Waals surface area contributed by atoms with Crippen molar-refractivity contribution in [3.8, 4) is 0 Å². The summed E-state index contributed by atoms with van der Waals surface area (Å²) in [5.41, 5.74) is 2.23. The quantitative estimate of drug-likeness (QED) is 0.849. The van der Waals surface area contributed by atoms with Crippen molar-refractivity contribution in [2.75, 3.05) is 12.8 Å². The Balaban J connectivity index is 1.64. The van der Waals surface area contributed by atoms with Crippen LogP contribution in [0.25, 0.3) is 0 Å². The first-order chi connectivity index (χ1) is 12.1. The fraction of sp³-hybridized carbons (Fsp3) is 0.381. The van der Waals surface area contributed by atoms with Gasteiger partial charge in [0.05, 0.1) is 11.3 Å². The first kappa shape index (κ1) is 18.6. The van der Waals surface area contributed by atoms with Crippen LogP contribution in [0.15, 0.2) is 59.5 Å². The van der Waals surface area contributed by atoms with Gasteiger partial charge >= 0.3 is 0 Å². The maximum absolute atomic E-state index is 12.4. The average Bonchev–Trinajstić information content (AvgIpc) is 3.16. The third-order valence-corrected chi connectivity index (χ3v) is 6.67. The molecule has 1 amide bonds. The van der Waals surface area contributed by atoms with Crippen LogP contribution in [0.5, 0.6) is 0 Å². The molecule has 0 bridgehead atoms. The van der Waals surface area contributed by atoms with Gasteiger partial charge in [-0.05, 0) is 35.1 Å². The molecule has 3 rings (SSSR count). The molecule has 2 aromatic carbocycles. The zero-order chi connectivity index (χ0) is 19.0. The van der Waals surface area contributed by atoms with Crippen molar-refractivity contribution in [3.63, 3.8) is 0 Å². The first-order valence-corrected chi connectivity index (χ1v) is 10.6. The molecule has 1 aliphatic rings. The molecule has 0 radical (unpaired) electrons. The number of nitrogens with one attached hydrogen (secondary N) is 1. The van der Waals surface area contributed by atoms with E-state index in [2.05, 4.69) is 31.3 Å². The van der Waals surface area contributed by atoms with Crippen molar-refractivity contribution < 1.29 is 13.2 Å². The number of rotatable bonds is 6. The molecule has 2 aromatic rings. The topological polar surface area (TPSA) is 63.2 Å². The second-order valence-electron chi connectivity index (χ2n) is 7.88. The second kappa shape index (κ2) is 6.54. The minimum Gasteiger partial charge on any atom is -0.355 e. The predicted octanol–water partition coefficient (Wildman–Crippen LogP) is 3.12. The van der Waals surface area contributed by atoms with Crippen LogP contribution < -0.4 is 5.32 Å². The van der Waals surface area contributed by atoms with E-state index >= 15 is 0 Å². The molecule has 0 heterocycles. The van der Waals surface area contributed by atoms with Gasteiger partial charge in [0.1, 0.15) is 0 Å². The highest BCUT2D eigenvalue weighted by molar-refractivity contribution is 7.90. The van der Waals surface area contributed by atoms with Gasteiger partial charge in [0.2, 0.25) is 5.91 Å². The first-order valence-electron chi connectivity index (χ1n) is 8.75. The normalized spacial score (nSPS) is 21.2. The van der Waals surface area contributed by atoms with Crippen molar-refractivity contribution in [3.05, 3.63) is 65.7 Å². The van der Waals surface area contributed by atoms with Crippen LogP contribution in [0.2, 0.25) is 0 Å². The summed E-state index contributed by atoms with van der Waals surface area (Å²) in [6.07, 6.45) is 2.47. The molecule has 0 saturated heterocycles. The number of carbonyl (C=O) groups is 1. The lowest BCUT2D eigenvalue weighted by Crippen LogP contribution is -2.35. The molecule has 1 unspecified atom stereocenters. The van der Waals surface area contributed by atoms with Crippen LogP contribution in [0.1, 0.15) is 31.4 Å². The maximum Gasteiger partial charge on any atom is 0.224 e. The van der Waals surface area contributed by atoms with E-state index in [1.807, 2.05) is 18.2 Å². The second-order valence-corrected chi connectivity index (χ2v) is 9.89. The van der Waals surface area contributed by atoms with E-state index in [1.165, 1.54) is 11.8 Å². The summed E-state index contributed by atoms with van der Waals surface area (Å²) < 4.78 is 23.0. The molecule has 1 aliphatic carbocycles. The van der Waals surface area contributed by atoms with Crippen LogP contribution >= 0.6 is 0 Å². The number of sulfone groups is 1. The predicted molar refractivity (Wildman–Crippen MR) is 103 cm³/mol. The number of benzene rings is 2. The van der Waals surface area contributed by atoms with Crippen molar-refractivity contribution in [2.45, 2.75) is 37.0 Å². The zero-order valence-electron chi connectivity index (χ0n) is 15.5. The van der Waals surface area contributed by atoms with Crippen LogP contribution in [0.4, 0.5) is 0 Å². The Kier molecular flexibility index (Phi) is 4.69. The van der Waals surface area contributed by atoms with Crippen LogP contribution in [-0.4, -0.2) is 27.1 Å². The molecule has 1 atom stereocenters. The monoisotopic (exact) mass is 371 g/mol. The van der Waals surface area contributed by atoms with E-state index in [9.17, 15) is 13.2 Å². The van der Waals surface area contributed by atoms with Gasteiger partial charge in [0.15, 0.2) is 9.84 Å². The minimum atomic E-state index is -3.21. The van der Waals surface area contributed by atoms with Gasteiger partial charge in [-0.3, -0.25) is 4.79 Å². The average molecular weight is 372 g/mol. The van der Waals surface area contributed by atoms with E-state index in [-0.39, 0.29) is 28.1 Å². The van der Waals surface area contributed by atoms with Gasteiger partial charge in [0.25, 0.3) is 0 Å². The summed E-state index contributed by atoms with van der Waals surface area (Å²) in [4.78, 5) is 12.6. The van der Waals surface area contributed by atoms with E-state index in [0.29, 0.717) is 6.54 Å². The van der Waals surface area contributed by atoms with Crippen LogP contribution in [0.3, 0.4) is 0 Å². The van der Waals surface area contributed by atoms with E-state index in [4.69, 9.17) is 0 Å². The molecule has 1 saturated carbocycles. The summed E-state index contributed by atoms with van der Waals surface area (Å²) in [6, 6.07) is 16.8. The van der Waals surface area contributed by atoms with Crippen molar-refractivity contribution in [2.24, 2.45) is 5.41 Å². The standard InChI is InChI=1S/C21H25NO3S/c1-20(2)14-21(20,17-7-5-4-6-8-17)15-22-19(23)13-16-9-11-18(12-10-16)26(3,24)25/h4-12H,13-15H2,1-3H3,(H,22,23). The van der Waals surface area contributed by atoms with Gasteiger partial charge in [-0.15, -0.1) is 0 Å². The molecule has 4 nitrogen and oxygen atoms in total. The summed E-state index contributed by atoms with van der Waals surface area (Å²) in [6.45, 7) is 5.08. The summed E-state index contributed by atoms with van der Waals surface area (Å²) in [7, 11) is -3.21. The Hall–Kier alpha value is -2.14. The number of amides is 1. The summed E-state index contributed by atoms with van der Waals surface area (Å²) >= 11 is 0. The van der Waals surface area contributed by atoms with Gasteiger partial charge in [-0.2, -0.15) is 0 Å². The number of hydrogen-bond acceptors (Lipinski definition) is 3. The molecular weight excluding hydrogens is 346 g/mol. The SMILES string of the molecule is CC1(C)CC1(CNC(=O)Cc1ccc(S(C)(=O)=O)cc1)c1ccccc1. The summed E-state index contributed by atoms with van der Waals surface area (Å²) in [5.74, 6) is -0.0462. The Bertz CT molecular complexity index is 902. The van der Waals surface area contributed by atoms with E-state index in [1.54, 1.807) is 24.3 Å². The Morgan fingerprint density at radius 3 is 2.12 bits per heavy atom. The van der Waals surface area contributed by atoms with Crippen LogP contribution in [0, 0.1) is 5.41 Å². The highest BCUT2D eigenvalue weighted by Gasteiger charge is 2.61. The van der Waals surface area contributed by atoms with Crippen LogP contribution in [-0.2, 0) is 26.5 Å². The lowest BCUT2D eigenvalue weighted by molar-refractivity contribution is -0.120. The fourth-order valence-electron chi connectivity index (χ4n) is 3.72. The number of carbonyl (C=O) groups excluding carboxylic acids is 1. The molecule has 0 spiro atoms. The van der Waals surface area contributed by atoms with Gasteiger partial charge in [-0.25, -0.2) is 8.42 Å². The highest BCUT2D eigenvalue weighted by Crippen LogP contribution is 2.63. The lowest BCUT2D eigenvalue weighted by Gasteiger charge is -2.22. The van der Waals surface area contributed by atoms with Crippen molar-refractivity contribution in [1.82, 2.24) is 5.32 Å². The van der Waals surface area contributed by atoms with E-state index < -0.39 is 9.84 Å². The molecule has 5 heteroatoms. The third-order valence-electron chi connectivity index (χ3n) is 5.54. The van der Waals surface area contributed by atoms with Gasteiger partial charge < -0.3 is 5.32 Å². The molecule has 0 aromatic heterocycles. The summed E-state index contributed by atoms with van der Waals surface area (Å²) in [5, 5.41) is 3.08. The number of hydrogen-bond donors (Lipinski definition) is 1. The molecule has 0 aliphatic heterocycles. The Morgan fingerprint density at radius 2 is 1.62 bits per heavy atom. The van der Waals surface area contributed by atoms with Gasteiger partial charge in [-0.1, -0.05) is 56.3 Å². The lowest BCUT2D eigenvalue weighted by atomic mass is 9.88. The maximum atomic E-state index is 12.4. The molecule has 1 fully saturated rings. The van der Waals surface area contributed by atoms with Gasteiger partial charge in [0, 0.05) is 18.2 Å². The third kappa shape index (κ3) is 3.68. The highest BCUT2D eigenvalue weighted by atomic mass is 32.2. The molecule has 1 N–H and O–H groups in total.